The van der Waals surface area contributed by atoms with E-state index >= 15 is 0 Å². The van der Waals surface area contributed by atoms with Gasteiger partial charge in [0.2, 0.25) is 11.8 Å². The van der Waals surface area contributed by atoms with Crippen molar-refractivity contribution >= 4 is 23.3 Å². The van der Waals surface area contributed by atoms with Gasteiger partial charge in [0.05, 0.1) is 0 Å². The molecular formula is C16H22N2O3. The van der Waals surface area contributed by atoms with Crippen LogP contribution in [0.5, 0.6) is 0 Å². The Morgan fingerprint density at radius 2 is 1.86 bits per heavy atom. The molecule has 0 bridgehead atoms. The maximum absolute atomic E-state index is 11.8. The number of nitrogens with one attached hydrogen (secondary N) is 1. The lowest BCUT2D eigenvalue weighted by atomic mass is 10.1. The van der Waals surface area contributed by atoms with E-state index in [0.29, 0.717) is 24.3 Å². The molecule has 0 heterocycles. The Morgan fingerprint density at radius 1 is 1.19 bits per heavy atom. The number of amides is 2. The van der Waals surface area contributed by atoms with Gasteiger partial charge >= 0.3 is 0 Å². The zero-order valence-corrected chi connectivity index (χ0v) is 13.0. The zero-order valence-electron chi connectivity index (χ0n) is 13.0. The van der Waals surface area contributed by atoms with E-state index in [1.165, 1.54) is 13.8 Å². The van der Waals surface area contributed by atoms with E-state index in [2.05, 4.69) is 5.32 Å². The summed E-state index contributed by atoms with van der Waals surface area (Å²) in [6.07, 6.45) is 0. The summed E-state index contributed by atoms with van der Waals surface area (Å²) in [5, 5.41) is 2.77. The van der Waals surface area contributed by atoms with Crippen LogP contribution in [-0.4, -0.2) is 30.7 Å². The highest BCUT2D eigenvalue weighted by molar-refractivity contribution is 5.97. The van der Waals surface area contributed by atoms with Gasteiger partial charge in [-0.2, -0.15) is 0 Å². The van der Waals surface area contributed by atoms with Crippen LogP contribution in [0.4, 0.5) is 5.69 Å². The van der Waals surface area contributed by atoms with Gasteiger partial charge in [0, 0.05) is 37.2 Å². The van der Waals surface area contributed by atoms with Gasteiger partial charge in [-0.25, -0.2) is 0 Å². The SMILES string of the molecule is CC(=O)c1cccc(N(CCNC(=O)C(C)C)C(C)=O)c1. The highest BCUT2D eigenvalue weighted by Gasteiger charge is 2.13. The highest BCUT2D eigenvalue weighted by Crippen LogP contribution is 2.16. The highest BCUT2D eigenvalue weighted by atomic mass is 16.2. The van der Waals surface area contributed by atoms with Gasteiger partial charge in [0.25, 0.3) is 0 Å². The summed E-state index contributed by atoms with van der Waals surface area (Å²) in [4.78, 5) is 36.2. The minimum absolute atomic E-state index is 0.0454. The van der Waals surface area contributed by atoms with Crippen molar-refractivity contribution in [3.8, 4) is 0 Å². The lowest BCUT2D eigenvalue weighted by Gasteiger charge is -2.22. The largest absolute Gasteiger partial charge is 0.354 e. The maximum Gasteiger partial charge on any atom is 0.223 e. The van der Waals surface area contributed by atoms with Crippen molar-refractivity contribution in [3.63, 3.8) is 0 Å². The minimum Gasteiger partial charge on any atom is -0.354 e. The summed E-state index contributed by atoms with van der Waals surface area (Å²) in [5.74, 6) is -0.309. The van der Waals surface area contributed by atoms with Gasteiger partial charge in [0.15, 0.2) is 5.78 Å². The van der Waals surface area contributed by atoms with E-state index in [0.717, 1.165) is 0 Å². The number of rotatable bonds is 6. The average molecular weight is 290 g/mol. The Bertz CT molecular complexity index is 538. The molecule has 0 aliphatic rings. The van der Waals surface area contributed by atoms with Gasteiger partial charge in [0.1, 0.15) is 0 Å². The first-order chi connectivity index (χ1) is 9.82. The van der Waals surface area contributed by atoms with Crippen molar-refractivity contribution in [3.05, 3.63) is 29.8 Å². The number of hydrogen-bond donors (Lipinski definition) is 1. The standard InChI is InChI=1S/C16H22N2O3/c1-11(2)16(21)17-8-9-18(13(4)20)15-7-5-6-14(10-15)12(3)19/h5-7,10-11H,8-9H2,1-4H3,(H,17,21). The number of anilines is 1. The molecule has 2 amide bonds. The van der Waals surface area contributed by atoms with E-state index in [9.17, 15) is 14.4 Å². The van der Waals surface area contributed by atoms with Gasteiger partial charge in [-0.3, -0.25) is 14.4 Å². The Hall–Kier alpha value is -2.17. The van der Waals surface area contributed by atoms with E-state index in [1.54, 1.807) is 29.2 Å². The molecule has 0 spiro atoms. The van der Waals surface area contributed by atoms with Crippen LogP contribution in [-0.2, 0) is 9.59 Å². The smallest absolute Gasteiger partial charge is 0.223 e. The Balaban J connectivity index is 2.78. The second-order valence-electron chi connectivity index (χ2n) is 5.22. The van der Waals surface area contributed by atoms with Crippen LogP contribution in [0.2, 0.25) is 0 Å². The molecule has 0 atom stereocenters. The number of Topliss-reactive ketones (excluding diaryl/α,β-unsaturated/α-hetero) is 1. The summed E-state index contributed by atoms with van der Waals surface area (Å²) < 4.78 is 0. The Kier molecular flexibility index (Phi) is 6.09. The van der Waals surface area contributed by atoms with Gasteiger partial charge in [-0.1, -0.05) is 26.0 Å². The first kappa shape index (κ1) is 16.9. The lowest BCUT2D eigenvalue weighted by molar-refractivity contribution is -0.124. The van der Waals surface area contributed by atoms with Crippen molar-refractivity contribution in [2.75, 3.05) is 18.0 Å². The fourth-order valence-electron chi connectivity index (χ4n) is 1.86. The van der Waals surface area contributed by atoms with Crippen LogP contribution < -0.4 is 10.2 Å². The molecule has 0 radical (unpaired) electrons. The quantitative estimate of drug-likeness (QED) is 0.815. The number of nitrogens with zero attached hydrogens (tertiary/aromatic N) is 1. The second kappa shape index (κ2) is 7.57. The van der Waals surface area contributed by atoms with Crippen molar-refractivity contribution in [1.82, 2.24) is 5.32 Å². The number of hydrogen-bond acceptors (Lipinski definition) is 3. The average Bonchev–Trinajstić information content (AvgIpc) is 2.42. The maximum atomic E-state index is 11.8. The molecule has 0 saturated heterocycles. The van der Waals surface area contributed by atoms with E-state index < -0.39 is 0 Å². The summed E-state index contributed by atoms with van der Waals surface area (Å²) in [6, 6.07) is 6.92. The molecule has 0 aliphatic heterocycles. The first-order valence-electron chi connectivity index (χ1n) is 6.99. The third-order valence-corrected chi connectivity index (χ3v) is 3.10. The van der Waals surface area contributed by atoms with Crippen molar-refractivity contribution in [2.24, 2.45) is 5.92 Å². The topological polar surface area (TPSA) is 66.5 Å². The summed E-state index contributed by atoms with van der Waals surface area (Å²) >= 11 is 0. The van der Waals surface area contributed by atoms with Crippen LogP contribution in [0.15, 0.2) is 24.3 Å². The fourth-order valence-corrected chi connectivity index (χ4v) is 1.86. The van der Waals surface area contributed by atoms with Crippen LogP contribution >= 0.6 is 0 Å². The lowest BCUT2D eigenvalue weighted by Crippen LogP contribution is -2.38. The van der Waals surface area contributed by atoms with Crippen LogP contribution in [0.1, 0.15) is 38.1 Å². The molecule has 1 aromatic carbocycles. The molecule has 21 heavy (non-hydrogen) atoms. The van der Waals surface area contributed by atoms with Crippen molar-refractivity contribution in [2.45, 2.75) is 27.7 Å². The number of benzene rings is 1. The molecular weight excluding hydrogens is 268 g/mol. The molecule has 0 aliphatic carbocycles. The predicted molar refractivity (Wildman–Crippen MR) is 82.3 cm³/mol. The molecule has 0 unspecified atom stereocenters. The van der Waals surface area contributed by atoms with E-state index in [4.69, 9.17) is 0 Å². The third kappa shape index (κ3) is 5.02. The molecule has 114 valence electrons. The predicted octanol–water partition coefficient (Wildman–Crippen LogP) is 2.01. The van der Waals surface area contributed by atoms with Crippen LogP contribution in [0.3, 0.4) is 0 Å². The van der Waals surface area contributed by atoms with E-state index in [1.807, 2.05) is 13.8 Å². The normalized spacial score (nSPS) is 10.3. The summed E-state index contributed by atoms with van der Waals surface area (Å²) in [5.41, 5.74) is 1.22. The Morgan fingerprint density at radius 3 is 2.38 bits per heavy atom. The molecule has 5 heteroatoms. The molecule has 1 aromatic rings. The number of carbonyl (C=O) groups excluding carboxylic acids is 3. The second-order valence-corrected chi connectivity index (χ2v) is 5.22. The minimum atomic E-state index is -0.130. The summed E-state index contributed by atoms with van der Waals surface area (Å²) in [6.45, 7) is 7.32. The number of carbonyl (C=O) groups is 3. The monoisotopic (exact) mass is 290 g/mol. The molecule has 0 aromatic heterocycles. The molecule has 1 rings (SSSR count). The zero-order chi connectivity index (χ0) is 16.0. The molecule has 0 fully saturated rings. The molecule has 1 N–H and O–H groups in total. The van der Waals surface area contributed by atoms with E-state index in [-0.39, 0.29) is 23.5 Å². The van der Waals surface area contributed by atoms with Crippen LogP contribution in [0.25, 0.3) is 0 Å². The van der Waals surface area contributed by atoms with Gasteiger partial charge in [-0.15, -0.1) is 0 Å². The van der Waals surface area contributed by atoms with Gasteiger partial charge in [-0.05, 0) is 19.1 Å². The summed E-state index contributed by atoms with van der Waals surface area (Å²) in [7, 11) is 0. The van der Waals surface area contributed by atoms with Crippen molar-refractivity contribution < 1.29 is 14.4 Å². The number of ketones is 1. The Labute approximate surface area is 125 Å². The van der Waals surface area contributed by atoms with Crippen LogP contribution in [0, 0.1) is 5.92 Å². The van der Waals surface area contributed by atoms with Crippen molar-refractivity contribution in [1.29, 1.82) is 0 Å². The first-order valence-corrected chi connectivity index (χ1v) is 6.99. The fraction of sp³-hybridized carbons (Fsp3) is 0.438. The molecule has 0 saturated carbocycles. The third-order valence-electron chi connectivity index (χ3n) is 3.10. The molecule has 5 nitrogen and oxygen atoms in total. The van der Waals surface area contributed by atoms with Gasteiger partial charge < -0.3 is 10.2 Å².